The van der Waals surface area contributed by atoms with Gasteiger partial charge in [-0.1, -0.05) is 6.07 Å². The maximum absolute atomic E-state index is 12.9. The van der Waals surface area contributed by atoms with Crippen LogP contribution in [0.15, 0.2) is 58.0 Å². The fourth-order valence-corrected chi connectivity index (χ4v) is 2.92. The van der Waals surface area contributed by atoms with E-state index in [0.717, 1.165) is 5.69 Å². The predicted molar refractivity (Wildman–Crippen MR) is 92.4 cm³/mol. The second kappa shape index (κ2) is 8.26. The SMILES string of the molecule is O=C(c1cccc(OCc2cscn2)c1)N(Cc1ccco1)CC(F)(F)F. The molecule has 0 N–H and O–H groups in total. The van der Waals surface area contributed by atoms with Gasteiger partial charge >= 0.3 is 6.18 Å². The van der Waals surface area contributed by atoms with Gasteiger partial charge in [0.15, 0.2) is 0 Å². The van der Waals surface area contributed by atoms with Crippen molar-refractivity contribution in [3.05, 3.63) is 70.6 Å². The van der Waals surface area contributed by atoms with Gasteiger partial charge in [-0.25, -0.2) is 4.98 Å². The average molecular weight is 396 g/mol. The van der Waals surface area contributed by atoms with Crippen LogP contribution in [0, 0.1) is 0 Å². The zero-order chi connectivity index (χ0) is 19.3. The Morgan fingerprint density at radius 1 is 1.26 bits per heavy atom. The van der Waals surface area contributed by atoms with Gasteiger partial charge in [-0.15, -0.1) is 11.3 Å². The number of aromatic nitrogens is 1. The van der Waals surface area contributed by atoms with Crippen molar-refractivity contribution in [3.8, 4) is 5.75 Å². The maximum Gasteiger partial charge on any atom is 0.406 e. The molecule has 9 heteroatoms. The van der Waals surface area contributed by atoms with Crippen LogP contribution >= 0.6 is 11.3 Å². The number of thiazole rings is 1. The summed E-state index contributed by atoms with van der Waals surface area (Å²) in [5.41, 5.74) is 2.50. The summed E-state index contributed by atoms with van der Waals surface area (Å²) >= 11 is 1.43. The molecule has 27 heavy (non-hydrogen) atoms. The largest absolute Gasteiger partial charge is 0.487 e. The van der Waals surface area contributed by atoms with Gasteiger partial charge < -0.3 is 14.1 Å². The number of halogens is 3. The van der Waals surface area contributed by atoms with E-state index in [1.165, 1.54) is 35.8 Å². The number of nitrogens with zero attached hydrogens (tertiary/aromatic N) is 2. The normalized spacial score (nSPS) is 11.4. The summed E-state index contributed by atoms with van der Waals surface area (Å²) in [5.74, 6) is -0.120. The number of ether oxygens (including phenoxy) is 1. The van der Waals surface area contributed by atoms with Crippen molar-refractivity contribution in [2.24, 2.45) is 0 Å². The summed E-state index contributed by atoms with van der Waals surface area (Å²) in [6.45, 7) is -1.45. The number of carbonyl (C=O) groups excluding carboxylic acids is 1. The Morgan fingerprint density at radius 2 is 2.11 bits per heavy atom. The molecule has 0 fully saturated rings. The molecule has 0 aliphatic rings. The van der Waals surface area contributed by atoms with Crippen LogP contribution in [0.4, 0.5) is 13.2 Å². The lowest BCUT2D eigenvalue weighted by Crippen LogP contribution is -2.38. The van der Waals surface area contributed by atoms with E-state index < -0.39 is 18.6 Å². The highest BCUT2D eigenvalue weighted by molar-refractivity contribution is 7.07. The number of hydrogen-bond donors (Lipinski definition) is 0. The molecule has 0 saturated carbocycles. The molecule has 2 heterocycles. The van der Waals surface area contributed by atoms with Crippen molar-refractivity contribution < 1.29 is 27.1 Å². The molecule has 5 nitrogen and oxygen atoms in total. The lowest BCUT2D eigenvalue weighted by molar-refractivity contribution is -0.142. The van der Waals surface area contributed by atoms with Gasteiger partial charge in [-0.2, -0.15) is 13.2 Å². The molecular formula is C18H15F3N2O3S. The highest BCUT2D eigenvalue weighted by atomic mass is 32.1. The van der Waals surface area contributed by atoms with Gasteiger partial charge in [-0.05, 0) is 30.3 Å². The van der Waals surface area contributed by atoms with Crippen LogP contribution < -0.4 is 4.74 Å². The van der Waals surface area contributed by atoms with Crippen molar-refractivity contribution in [1.29, 1.82) is 0 Å². The van der Waals surface area contributed by atoms with Crippen LogP contribution in [-0.4, -0.2) is 28.5 Å². The Hall–Kier alpha value is -2.81. The first-order valence-corrected chi connectivity index (χ1v) is 8.83. The third kappa shape index (κ3) is 5.58. The molecule has 0 bridgehead atoms. The summed E-state index contributed by atoms with van der Waals surface area (Å²) in [6, 6.07) is 9.12. The van der Waals surface area contributed by atoms with Gasteiger partial charge in [0, 0.05) is 10.9 Å². The van der Waals surface area contributed by atoms with Crippen molar-refractivity contribution in [3.63, 3.8) is 0 Å². The van der Waals surface area contributed by atoms with E-state index in [2.05, 4.69) is 4.98 Å². The topological polar surface area (TPSA) is 55.6 Å². The summed E-state index contributed by atoms with van der Waals surface area (Å²) in [6.07, 6.45) is -3.18. The number of rotatable bonds is 7. The lowest BCUT2D eigenvalue weighted by atomic mass is 10.2. The average Bonchev–Trinajstić information content (AvgIpc) is 3.32. The van der Waals surface area contributed by atoms with E-state index >= 15 is 0 Å². The van der Waals surface area contributed by atoms with Crippen LogP contribution in [0.1, 0.15) is 21.8 Å². The lowest BCUT2D eigenvalue weighted by Gasteiger charge is -2.23. The fraction of sp³-hybridized carbons (Fsp3) is 0.222. The number of amides is 1. The van der Waals surface area contributed by atoms with E-state index in [9.17, 15) is 18.0 Å². The summed E-state index contributed by atoms with van der Waals surface area (Å²) in [7, 11) is 0. The Bertz CT molecular complexity index is 864. The number of hydrogen-bond acceptors (Lipinski definition) is 5. The zero-order valence-corrected chi connectivity index (χ0v) is 14.8. The molecule has 0 atom stereocenters. The number of alkyl halides is 3. The standard InChI is InChI=1S/C18H15F3N2O3S/c19-18(20,21)11-23(8-16-5-2-6-25-16)17(24)13-3-1-4-15(7-13)26-9-14-10-27-12-22-14/h1-7,10,12H,8-9,11H2. The van der Waals surface area contributed by atoms with Crippen LogP contribution in [0.2, 0.25) is 0 Å². The highest BCUT2D eigenvalue weighted by Crippen LogP contribution is 2.22. The minimum Gasteiger partial charge on any atom is -0.487 e. The molecule has 0 radical (unpaired) electrons. The molecule has 1 aromatic carbocycles. The summed E-state index contributed by atoms with van der Waals surface area (Å²) in [4.78, 5) is 17.4. The quantitative estimate of drug-likeness (QED) is 0.589. The number of benzene rings is 1. The molecule has 0 spiro atoms. The molecule has 3 aromatic rings. The van der Waals surface area contributed by atoms with E-state index in [1.54, 1.807) is 23.7 Å². The third-order valence-corrected chi connectivity index (χ3v) is 4.17. The fourth-order valence-electron chi connectivity index (χ4n) is 2.37. The second-order valence-corrected chi connectivity index (χ2v) is 6.37. The Labute approximate surface area is 157 Å². The summed E-state index contributed by atoms with van der Waals surface area (Å²) in [5, 5.41) is 1.82. The van der Waals surface area contributed by atoms with Crippen LogP contribution in [0.5, 0.6) is 5.75 Å². The van der Waals surface area contributed by atoms with E-state index in [1.807, 2.05) is 5.38 Å². The molecule has 0 aliphatic heterocycles. The van der Waals surface area contributed by atoms with Crippen molar-refractivity contribution in [2.45, 2.75) is 19.3 Å². The minimum atomic E-state index is -4.53. The summed E-state index contributed by atoms with van der Waals surface area (Å²) < 4.78 is 49.4. The Morgan fingerprint density at radius 3 is 2.78 bits per heavy atom. The van der Waals surface area contributed by atoms with Gasteiger partial charge in [0.05, 0.1) is 24.0 Å². The second-order valence-electron chi connectivity index (χ2n) is 5.65. The first-order chi connectivity index (χ1) is 12.9. The smallest absolute Gasteiger partial charge is 0.406 e. The Kier molecular flexibility index (Phi) is 5.80. The van der Waals surface area contributed by atoms with Crippen LogP contribution in [0.25, 0.3) is 0 Å². The van der Waals surface area contributed by atoms with Crippen LogP contribution in [-0.2, 0) is 13.2 Å². The molecular weight excluding hydrogens is 381 g/mol. The zero-order valence-electron chi connectivity index (χ0n) is 14.0. The molecule has 3 rings (SSSR count). The van der Waals surface area contributed by atoms with Gasteiger partial charge in [0.25, 0.3) is 5.91 Å². The third-order valence-electron chi connectivity index (χ3n) is 3.54. The van der Waals surface area contributed by atoms with Crippen molar-refractivity contribution in [2.75, 3.05) is 6.54 Å². The first-order valence-electron chi connectivity index (χ1n) is 7.89. The monoisotopic (exact) mass is 396 g/mol. The van der Waals surface area contributed by atoms with E-state index in [-0.39, 0.29) is 24.5 Å². The molecule has 0 unspecified atom stereocenters. The van der Waals surface area contributed by atoms with Gasteiger partial charge in [-0.3, -0.25) is 4.79 Å². The molecule has 1 amide bonds. The van der Waals surface area contributed by atoms with Gasteiger partial charge in [0.2, 0.25) is 0 Å². The molecule has 2 aromatic heterocycles. The molecule has 0 aliphatic carbocycles. The Balaban J connectivity index is 1.74. The number of furan rings is 1. The molecule has 142 valence electrons. The maximum atomic E-state index is 12.9. The predicted octanol–water partition coefficient (Wildman–Crippen LogP) is 4.52. The van der Waals surface area contributed by atoms with Crippen molar-refractivity contribution in [1.82, 2.24) is 9.88 Å². The highest BCUT2D eigenvalue weighted by Gasteiger charge is 2.34. The van der Waals surface area contributed by atoms with Crippen LogP contribution in [0.3, 0.4) is 0 Å². The van der Waals surface area contributed by atoms with Crippen molar-refractivity contribution >= 4 is 17.2 Å². The molecule has 0 saturated heterocycles. The number of carbonyl (C=O) groups is 1. The first kappa shape index (κ1) is 19.0. The van der Waals surface area contributed by atoms with Gasteiger partial charge in [0.1, 0.15) is 24.7 Å². The van der Waals surface area contributed by atoms with E-state index in [0.29, 0.717) is 10.6 Å². The minimum absolute atomic E-state index is 0.0987. The van der Waals surface area contributed by atoms with E-state index in [4.69, 9.17) is 9.15 Å².